The Morgan fingerprint density at radius 3 is 2.59 bits per heavy atom. The Hall–Kier alpha value is -3.20. The standard InChI is InChI=1S/C20H21N3O6/c1-26-20(25)13-7-15(28-14-3-6-27-12-14)9-16(8-13)29-18-11-21-17(10-22-18)19(24)23-4-2-5-23/h7-11,14H,2-6,12H2,1H3/t14-/m0/s1. The number of esters is 1. The molecule has 1 amide bonds. The van der Waals surface area contributed by atoms with E-state index >= 15 is 0 Å². The summed E-state index contributed by atoms with van der Waals surface area (Å²) in [7, 11) is 1.31. The molecule has 0 bridgehead atoms. The molecule has 0 unspecified atom stereocenters. The fourth-order valence-corrected chi connectivity index (χ4v) is 3.01. The van der Waals surface area contributed by atoms with Gasteiger partial charge in [-0.2, -0.15) is 0 Å². The van der Waals surface area contributed by atoms with Crippen molar-refractivity contribution in [3.05, 3.63) is 41.9 Å². The smallest absolute Gasteiger partial charge is 0.338 e. The number of carbonyl (C=O) groups is 2. The molecular weight excluding hydrogens is 378 g/mol. The van der Waals surface area contributed by atoms with Crippen LogP contribution < -0.4 is 9.47 Å². The lowest BCUT2D eigenvalue weighted by molar-refractivity contribution is 0.0598. The molecular formula is C20H21N3O6. The molecule has 2 aromatic rings. The predicted octanol–water partition coefficient (Wildman–Crippen LogP) is 2.07. The monoisotopic (exact) mass is 399 g/mol. The van der Waals surface area contributed by atoms with E-state index in [1.165, 1.54) is 25.6 Å². The van der Waals surface area contributed by atoms with Gasteiger partial charge in [0.15, 0.2) is 0 Å². The van der Waals surface area contributed by atoms with Crippen molar-refractivity contribution >= 4 is 11.9 Å². The Morgan fingerprint density at radius 2 is 1.97 bits per heavy atom. The van der Waals surface area contributed by atoms with Crippen LogP contribution in [-0.2, 0) is 9.47 Å². The van der Waals surface area contributed by atoms with Gasteiger partial charge in [-0.05, 0) is 18.6 Å². The molecule has 2 aliphatic heterocycles. The van der Waals surface area contributed by atoms with Gasteiger partial charge >= 0.3 is 5.97 Å². The summed E-state index contributed by atoms with van der Waals surface area (Å²) in [6.45, 7) is 2.63. The van der Waals surface area contributed by atoms with Crippen LogP contribution in [0.15, 0.2) is 30.6 Å². The lowest BCUT2D eigenvalue weighted by Crippen LogP contribution is -2.42. The number of amides is 1. The number of ether oxygens (including phenoxy) is 4. The van der Waals surface area contributed by atoms with E-state index in [4.69, 9.17) is 18.9 Å². The summed E-state index contributed by atoms with van der Waals surface area (Å²) in [6.07, 6.45) is 4.46. The first kappa shape index (κ1) is 19.1. The summed E-state index contributed by atoms with van der Waals surface area (Å²) in [6, 6.07) is 4.79. The number of methoxy groups -OCH3 is 1. The van der Waals surface area contributed by atoms with E-state index in [-0.39, 0.29) is 29.1 Å². The van der Waals surface area contributed by atoms with Gasteiger partial charge in [0, 0.05) is 25.6 Å². The lowest BCUT2D eigenvalue weighted by Gasteiger charge is -2.30. The van der Waals surface area contributed by atoms with Crippen LogP contribution in [-0.4, -0.2) is 66.3 Å². The first-order chi connectivity index (χ1) is 14.1. The van der Waals surface area contributed by atoms with Crippen molar-refractivity contribution in [2.24, 2.45) is 0 Å². The molecule has 0 N–H and O–H groups in total. The predicted molar refractivity (Wildman–Crippen MR) is 100 cm³/mol. The number of aromatic nitrogens is 2. The summed E-state index contributed by atoms with van der Waals surface area (Å²) >= 11 is 0. The number of nitrogens with zero attached hydrogens (tertiary/aromatic N) is 3. The molecule has 2 saturated heterocycles. The number of benzene rings is 1. The zero-order chi connectivity index (χ0) is 20.2. The van der Waals surface area contributed by atoms with Crippen LogP contribution in [0.1, 0.15) is 33.7 Å². The second-order valence-electron chi connectivity index (χ2n) is 6.78. The minimum Gasteiger partial charge on any atom is -0.488 e. The van der Waals surface area contributed by atoms with E-state index in [9.17, 15) is 9.59 Å². The lowest BCUT2D eigenvalue weighted by atomic mass is 10.2. The Balaban J connectivity index is 1.51. The van der Waals surface area contributed by atoms with Crippen LogP contribution in [0.3, 0.4) is 0 Å². The molecule has 0 radical (unpaired) electrons. The molecule has 0 aliphatic carbocycles. The zero-order valence-electron chi connectivity index (χ0n) is 16.0. The molecule has 3 heterocycles. The molecule has 9 nitrogen and oxygen atoms in total. The van der Waals surface area contributed by atoms with Crippen LogP contribution in [0.25, 0.3) is 0 Å². The SMILES string of the molecule is COC(=O)c1cc(Oc2cnc(C(=O)N3CCC3)cn2)cc(O[C@H]2CCOC2)c1. The molecule has 4 rings (SSSR count). The third-order valence-electron chi connectivity index (χ3n) is 4.70. The van der Waals surface area contributed by atoms with Crippen molar-refractivity contribution in [3.8, 4) is 17.4 Å². The van der Waals surface area contributed by atoms with Gasteiger partial charge in [-0.1, -0.05) is 0 Å². The minimum atomic E-state index is -0.510. The Kier molecular flexibility index (Phi) is 5.57. The van der Waals surface area contributed by atoms with E-state index < -0.39 is 5.97 Å². The Bertz CT molecular complexity index is 892. The first-order valence-electron chi connectivity index (χ1n) is 9.39. The van der Waals surface area contributed by atoms with E-state index in [1.54, 1.807) is 17.0 Å². The summed E-state index contributed by atoms with van der Waals surface area (Å²) in [5.41, 5.74) is 0.557. The highest BCUT2D eigenvalue weighted by Crippen LogP contribution is 2.28. The van der Waals surface area contributed by atoms with Gasteiger partial charge in [-0.15, -0.1) is 0 Å². The number of hydrogen-bond donors (Lipinski definition) is 0. The van der Waals surface area contributed by atoms with Crippen molar-refractivity contribution < 1.29 is 28.5 Å². The topological polar surface area (TPSA) is 100 Å². The zero-order valence-corrected chi connectivity index (χ0v) is 16.0. The van der Waals surface area contributed by atoms with Crippen molar-refractivity contribution in [1.29, 1.82) is 0 Å². The minimum absolute atomic E-state index is 0.0812. The van der Waals surface area contributed by atoms with Crippen LogP contribution in [0.4, 0.5) is 0 Å². The normalized spacial score (nSPS) is 18.1. The average Bonchev–Trinajstić information content (AvgIpc) is 3.19. The molecule has 2 fully saturated rings. The second-order valence-corrected chi connectivity index (χ2v) is 6.78. The fraction of sp³-hybridized carbons (Fsp3) is 0.400. The Labute approximate surface area is 167 Å². The summed E-state index contributed by atoms with van der Waals surface area (Å²) in [4.78, 5) is 34.2. The maximum Gasteiger partial charge on any atom is 0.338 e. The first-order valence-corrected chi connectivity index (χ1v) is 9.39. The molecule has 0 saturated carbocycles. The van der Waals surface area contributed by atoms with Crippen LogP contribution >= 0.6 is 0 Å². The second kappa shape index (κ2) is 8.44. The number of rotatable bonds is 6. The van der Waals surface area contributed by atoms with Crippen molar-refractivity contribution in [1.82, 2.24) is 14.9 Å². The molecule has 29 heavy (non-hydrogen) atoms. The van der Waals surface area contributed by atoms with Gasteiger partial charge in [-0.25, -0.2) is 14.8 Å². The number of likely N-dealkylation sites (tertiary alicyclic amines) is 1. The summed E-state index contributed by atoms with van der Waals surface area (Å²) < 4.78 is 21.7. The molecule has 1 atom stereocenters. The Morgan fingerprint density at radius 1 is 1.14 bits per heavy atom. The van der Waals surface area contributed by atoms with Gasteiger partial charge in [0.05, 0.1) is 38.3 Å². The van der Waals surface area contributed by atoms with E-state index in [1.807, 2.05) is 0 Å². The molecule has 0 spiro atoms. The van der Waals surface area contributed by atoms with Gasteiger partial charge in [-0.3, -0.25) is 4.79 Å². The quantitative estimate of drug-likeness (QED) is 0.681. The largest absolute Gasteiger partial charge is 0.488 e. The van der Waals surface area contributed by atoms with Crippen molar-refractivity contribution in [2.45, 2.75) is 18.9 Å². The third-order valence-corrected chi connectivity index (χ3v) is 4.70. The van der Waals surface area contributed by atoms with Crippen molar-refractivity contribution in [3.63, 3.8) is 0 Å². The van der Waals surface area contributed by atoms with E-state index in [2.05, 4.69) is 9.97 Å². The molecule has 1 aromatic carbocycles. The van der Waals surface area contributed by atoms with Crippen LogP contribution in [0.2, 0.25) is 0 Å². The van der Waals surface area contributed by atoms with Crippen LogP contribution in [0, 0.1) is 0 Å². The van der Waals surface area contributed by atoms with Crippen molar-refractivity contribution in [2.75, 3.05) is 33.4 Å². The van der Waals surface area contributed by atoms with Gasteiger partial charge < -0.3 is 23.8 Å². The highest BCUT2D eigenvalue weighted by molar-refractivity contribution is 5.92. The maximum absolute atomic E-state index is 12.2. The molecule has 2 aliphatic rings. The number of hydrogen-bond acceptors (Lipinski definition) is 8. The van der Waals surface area contributed by atoms with Gasteiger partial charge in [0.25, 0.3) is 5.91 Å². The molecule has 1 aromatic heterocycles. The number of carbonyl (C=O) groups excluding carboxylic acids is 2. The van der Waals surface area contributed by atoms with Gasteiger partial charge in [0.2, 0.25) is 5.88 Å². The highest BCUT2D eigenvalue weighted by Gasteiger charge is 2.23. The fourth-order valence-electron chi connectivity index (χ4n) is 3.01. The summed E-state index contributed by atoms with van der Waals surface area (Å²) in [5, 5.41) is 0. The van der Waals surface area contributed by atoms with E-state index in [0.29, 0.717) is 24.7 Å². The highest BCUT2D eigenvalue weighted by atomic mass is 16.5. The summed E-state index contributed by atoms with van der Waals surface area (Å²) in [5.74, 6) is 0.359. The maximum atomic E-state index is 12.2. The molecule has 152 valence electrons. The van der Waals surface area contributed by atoms with Crippen LogP contribution in [0.5, 0.6) is 17.4 Å². The molecule has 9 heteroatoms. The average molecular weight is 399 g/mol. The van der Waals surface area contributed by atoms with E-state index in [0.717, 1.165) is 25.9 Å². The third kappa shape index (κ3) is 4.45. The van der Waals surface area contributed by atoms with Gasteiger partial charge in [0.1, 0.15) is 23.3 Å².